The summed E-state index contributed by atoms with van der Waals surface area (Å²) >= 11 is 0. The molecule has 0 saturated carbocycles. The maximum atomic E-state index is 12.8. The van der Waals surface area contributed by atoms with Crippen LogP contribution in [0.15, 0.2) is 67.3 Å². The molecule has 156 valence electrons. The van der Waals surface area contributed by atoms with Gasteiger partial charge in [0.25, 0.3) is 0 Å². The van der Waals surface area contributed by atoms with Gasteiger partial charge in [0.05, 0.1) is 7.11 Å². The van der Waals surface area contributed by atoms with Crippen molar-refractivity contribution in [1.29, 1.82) is 0 Å². The highest BCUT2D eigenvalue weighted by molar-refractivity contribution is 5.86. The Labute approximate surface area is 175 Å². The first-order valence-corrected chi connectivity index (χ1v) is 9.75. The molecule has 30 heavy (non-hydrogen) atoms. The van der Waals surface area contributed by atoms with Gasteiger partial charge in [-0.3, -0.25) is 20.1 Å². The van der Waals surface area contributed by atoms with Gasteiger partial charge in [-0.25, -0.2) is 0 Å². The van der Waals surface area contributed by atoms with Crippen molar-refractivity contribution < 1.29 is 14.6 Å². The molecule has 1 unspecified atom stereocenters. The third kappa shape index (κ3) is 4.93. The number of hydrogen-bond donors (Lipinski definition) is 3. The molecule has 0 radical (unpaired) electrons. The van der Waals surface area contributed by atoms with Crippen LogP contribution in [0.4, 0.5) is 0 Å². The number of amides is 1. The molecule has 2 aromatic heterocycles. The summed E-state index contributed by atoms with van der Waals surface area (Å²) in [5.41, 5.74) is 7.57. The van der Waals surface area contributed by atoms with Gasteiger partial charge in [-0.05, 0) is 66.3 Å². The lowest BCUT2D eigenvalue weighted by Crippen LogP contribution is -2.53. The molecular weight excluding hydrogens is 380 g/mol. The number of phenolic OH excluding ortho intramolecular Hbond substituents is 1. The molecule has 7 heteroatoms. The van der Waals surface area contributed by atoms with Crippen LogP contribution in [-0.2, 0) is 23.2 Å². The van der Waals surface area contributed by atoms with Crippen molar-refractivity contribution in [1.82, 2.24) is 15.3 Å². The summed E-state index contributed by atoms with van der Waals surface area (Å²) in [6.07, 6.45) is 8.72. The largest absolute Gasteiger partial charge is 0.504 e. The monoisotopic (exact) mass is 406 g/mol. The third-order valence-electron chi connectivity index (χ3n) is 5.19. The highest BCUT2D eigenvalue weighted by atomic mass is 16.5. The fraction of sp³-hybridized carbons (Fsp3) is 0.261. The van der Waals surface area contributed by atoms with E-state index in [0.717, 1.165) is 11.1 Å². The van der Waals surface area contributed by atoms with Crippen molar-refractivity contribution >= 4 is 5.91 Å². The number of pyridine rings is 2. The summed E-state index contributed by atoms with van der Waals surface area (Å²) in [5.74, 6) is -0.198. The van der Waals surface area contributed by atoms with E-state index in [-0.39, 0.29) is 11.5 Å². The number of aromatic hydroxyl groups is 1. The molecule has 3 rings (SSSR count). The molecule has 0 aliphatic rings. The average molecular weight is 406 g/mol. The van der Waals surface area contributed by atoms with Crippen LogP contribution >= 0.6 is 0 Å². The molecule has 0 bridgehead atoms. The van der Waals surface area contributed by atoms with E-state index in [4.69, 9.17) is 10.5 Å². The molecule has 1 aromatic carbocycles. The predicted octanol–water partition coefficient (Wildman–Crippen LogP) is 2.34. The first-order valence-electron chi connectivity index (χ1n) is 9.75. The van der Waals surface area contributed by atoms with Gasteiger partial charge in [0, 0.05) is 31.3 Å². The maximum absolute atomic E-state index is 12.8. The van der Waals surface area contributed by atoms with Gasteiger partial charge in [-0.1, -0.05) is 12.1 Å². The van der Waals surface area contributed by atoms with Crippen molar-refractivity contribution in [3.63, 3.8) is 0 Å². The second-order valence-corrected chi connectivity index (χ2v) is 7.05. The lowest BCUT2D eigenvalue weighted by Gasteiger charge is -2.33. The fourth-order valence-electron chi connectivity index (χ4n) is 3.48. The van der Waals surface area contributed by atoms with Crippen LogP contribution in [0.3, 0.4) is 0 Å². The number of nitrogens with zero attached hydrogens (tertiary/aromatic N) is 2. The van der Waals surface area contributed by atoms with Gasteiger partial charge in [-0.2, -0.15) is 0 Å². The molecule has 0 fully saturated rings. The first-order chi connectivity index (χ1) is 14.5. The Morgan fingerprint density at radius 3 is 2.57 bits per heavy atom. The van der Waals surface area contributed by atoms with Crippen LogP contribution in [0.5, 0.6) is 11.5 Å². The normalized spacial score (nSPS) is 12.8. The zero-order chi connectivity index (χ0) is 21.4. The Morgan fingerprint density at radius 1 is 1.10 bits per heavy atom. The molecule has 0 spiro atoms. The van der Waals surface area contributed by atoms with E-state index < -0.39 is 11.4 Å². The van der Waals surface area contributed by atoms with Crippen molar-refractivity contribution in [2.75, 3.05) is 13.7 Å². The zero-order valence-corrected chi connectivity index (χ0v) is 16.9. The number of phenols is 1. The van der Waals surface area contributed by atoms with E-state index in [1.807, 2.05) is 24.3 Å². The maximum Gasteiger partial charge on any atom is 0.242 e. The van der Waals surface area contributed by atoms with Gasteiger partial charge in [0.1, 0.15) is 5.54 Å². The van der Waals surface area contributed by atoms with Gasteiger partial charge in [-0.15, -0.1) is 0 Å². The predicted molar refractivity (Wildman–Crippen MR) is 114 cm³/mol. The van der Waals surface area contributed by atoms with Crippen LogP contribution in [0.2, 0.25) is 0 Å². The highest BCUT2D eigenvalue weighted by Crippen LogP contribution is 2.34. The summed E-state index contributed by atoms with van der Waals surface area (Å²) in [5, 5.41) is 13.4. The molecule has 0 saturated heterocycles. The summed E-state index contributed by atoms with van der Waals surface area (Å²) in [4.78, 5) is 21.0. The first kappa shape index (κ1) is 21.3. The SMILES string of the molecule is COc1cc(C(CCc2ccncc2)(NCCc2cccnc2)C(N)=O)ccc1O. The van der Waals surface area contributed by atoms with Gasteiger partial charge in [0.2, 0.25) is 5.91 Å². The van der Waals surface area contributed by atoms with Crippen LogP contribution in [0, 0.1) is 0 Å². The quantitative estimate of drug-likeness (QED) is 0.477. The number of carbonyl (C=O) groups is 1. The van der Waals surface area contributed by atoms with E-state index in [9.17, 15) is 9.90 Å². The van der Waals surface area contributed by atoms with Crippen molar-refractivity contribution in [3.8, 4) is 11.5 Å². The highest BCUT2D eigenvalue weighted by Gasteiger charge is 2.38. The van der Waals surface area contributed by atoms with E-state index >= 15 is 0 Å². The number of nitrogens with two attached hydrogens (primary N) is 1. The van der Waals surface area contributed by atoms with Crippen LogP contribution in [-0.4, -0.2) is 34.6 Å². The Hall–Kier alpha value is -3.45. The minimum Gasteiger partial charge on any atom is -0.504 e. The number of primary amides is 1. The smallest absolute Gasteiger partial charge is 0.242 e. The minimum atomic E-state index is -1.13. The second kappa shape index (κ2) is 9.84. The molecule has 0 aliphatic carbocycles. The Kier molecular flexibility index (Phi) is 6.98. The molecule has 7 nitrogen and oxygen atoms in total. The number of hydrogen-bond acceptors (Lipinski definition) is 6. The average Bonchev–Trinajstić information content (AvgIpc) is 2.78. The van der Waals surface area contributed by atoms with Crippen molar-refractivity contribution in [2.45, 2.75) is 24.8 Å². The minimum absolute atomic E-state index is 0.00381. The molecule has 1 amide bonds. The Morgan fingerprint density at radius 2 is 1.90 bits per heavy atom. The second-order valence-electron chi connectivity index (χ2n) is 7.05. The number of methoxy groups -OCH3 is 1. The van der Waals surface area contributed by atoms with Gasteiger partial charge >= 0.3 is 0 Å². The topological polar surface area (TPSA) is 110 Å². The van der Waals surface area contributed by atoms with Crippen LogP contribution < -0.4 is 15.8 Å². The number of carbonyl (C=O) groups excluding carboxylic acids is 1. The molecule has 4 N–H and O–H groups in total. The summed E-state index contributed by atoms with van der Waals surface area (Å²) in [6, 6.07) is 12.6. The molecule has 1 atom stereocenters. The number of nitrogens with one attached hydrogen (secondary N) is 1. The Balaban J connectivity index is 1.90. The van der Waals surface area contributed by atoms with Crippen molar-refractivity contribution in [3.05, 3.63) is 83.9 Å². The fourth-order valence-corrected chi connectivity index (χ4v) is 3.48. The number of benzene rings is 1. The van der Waals surface area contributed by atoms with Crippen LogP contribution in [0.25, 0.3) is 0 Å². The van der Waals surface area contributed by atoms with Crippen LogP contribution in [0.1, 0.15) is 23.1 Å². The van der Waals surface area contributed by atoms with Gasteiger partial charge < -0.3 is 15.6 Å². The molecule has 2 heterocycles. The summed E-state index contributed by atoms with van der Waals surface area (Å²) in [6.45, 7) is 0.522. The zero-order valence-electron chi connectivity index (χ0n) is 16.9. The number of rotatable bonds is 10. The number of ether oxygens (including phenoxy) is 1. The summed E-state index contributed by atoms with van der Waals surface area (Å²) < 4.78 is 5.25. The van der Waals surface area contributed by atoms with E-state index in [2.05, 4.69) is 15.3 Å². The van der Waals surface area contributed by atoms with E-state index in [1.165, 1.54) is 13.2 Å². The Bertz CT molecular complexity index is 967. The lowest BCUT2D eigenvalue weighted by atomic mass is 9.83. The lowest BCUT2D eigenvalue weighted by molar-refractivity contribution is -0.125. The van der Waals surface area contributed by atoms with Gasteiger partial charge in [0.15, 0.2) is 11.5 Å². The van der Waals surface area contributed by atoms with E-state index in [0.29, 0.717) is 31.4 Å². The van der Waals surface area contributed by atoms with Crippen molar-refractivity contribution in [2.24, 2.45) is 5.73 Å². The summed E-state index contributed by atoms with van der Waals surface area (Å²) in [7, 11) is 1.47. The number of aromatic nitrogens is 2. The molecule has 3 aromatic rings. The molecular formula is C23H26N4O3. The third-order valence-corrected chi connectivity index (χ3v) is 5.19. The standard InChI is InChI=1S/C23H26N4O3/c1-30-21-15-19(4-5-20(21)28)23(22(24)29,10-6-17-7-12-25-13-8-17)27-14-9-18-3-2-11-26-16-18/h2-5,7-8,11-13,15-16,27-28H,6,9-10,14H2,1H3,(H2,24,29). The van der Waals surface area contributed by atoms with E-state index in [1.54, 1.807) is 36.9 Å². The molecule has 0 aliphatic heterocycles. The number of aryl methyl sites for hydroxylation is 1.